The molecule has 3 atom stereocenters. The molecule has 8 nitrogen and oxygen atoms in total. The van der Waals surface area contributed by atoms with Crippen LogP contribution in [0.15, 0.2) is 52.0 Å². The largest absolute Gasteiger partial charge is 0.355 e. The molecule has 3 unspecified atom stereocenters. The molecule has 0 saturated carbocycles. The highest BCUT2D eigenvalue weighted by Crippen LogP contribution is 2.47. The van der Waals surface area contributed by atoms with Gasteiger partial charge in [-0.3, -0.25) is 14.7 Å². The summed E-state index contributed by atoms with van der Waals surface area (Å²) in [5, 5.41) is 3.99. The van der Waals surface area contributed by atoms with E-state index >= 15 is 0 Å². The lowest BCUT2D eigenvalue weighted by molar-refractivity contribution is -0.125. The average molecular weight is 451 g/mol. The van der Waals surface area contributed by atoms with Gasteiger partial charge in [-0.2, -0.15) is 4.98 Å². The molecular weight excluding hydrogens is 432 g/mol. The molecule has 0 N–H and O–H groups in total. The predicted octanol–water partition coefficient (Wildman–Crippen LogP) is 3.85. The quantitative estimate of drug-likeness (QED) is 0.602. The number of rotatable bonds is 3. The fourth-order valence-corrected chi connectivity index (χ4v) is 4.76. The summed E-state index contributed by atoms with van der Waals surface area (Å²) in [5.41, 5.74) is 0.759. The van der Waals surface area contributed by atoms with Gasteiger partial charge >= 0.3 is 0 Å². The molecule has 10 heteroatoms. The van der Waals surface area contributed by atoms with Crippen molar-refractivity contribution >= 4 is 23.6 Å². The van der Waals surface area contributed by atoms with Crippen LogP contribution in [0.2, 0.25) is 0 Å². The predicted molar refractivity (Wildman–Crippen MR) is 115 cm³/mol. The highest BCUT2D eigenvalue weighted by Gasteiger charge is 2.53. The first-order chi connectivity index (χ1) is 15.9. The Hall–Kier alpha value is -3.66. The smallest absolute Gasteiger partial charge is 0.255 e. The van der Waals surface area contributed by atoms with Crippen molar-refractivity contribution in [1.82, 2.24) is 10.1 Å². The van der Waals surface area contributed by atoms with Gasteiger partial charge in [0.25, 0.3) is 11.8 Å². The molecule has 0 aliphatic carbocycles. The molecule has 1 fully saturated rings. The molecule has 0 radical (unpaired) electrons. The standard InChI is InChI=1S/C23H19F2N5O3/c1-23(9-2-10-32-23)30-17-11-15(25)7-8-16(17)29-12-26-18(19(29)22(30)31)21-27-20(28-33-21)13-3-5-14(24)6-4-13/h3-8,11-12,18-19H,2,9-10H2,1H3. The van der Waals surface area contributed by atoms with E-state index in [0.717, 1.165) is 6.42 Å². The number of carbonyl (C=O) groups excluding carboxylic acids is 1. The Labute approximate surface area is 187 Å². The first-order valence-electron chi connectivity index (χ1n) is 10.6. The minimum absolute atomic E-state index is 0.162. The number of hydrogen-bond acceptors (Lipinski definition) is 7. The second-order valence-corrected chi connectivity index (χ2v) is 8.46. The van der Waals surface area contributed by atoms with Crippen LogP contribution >= 0.6 is 0 Å². The average Bonchev–Trinajstić information content (AvgIpc) is 3.54. The molecule has 0 bridgehead atoms. The lowest BCUT2D eigenvalue weighted by atomic mass is 9.97. The number of anilines is 2. The van der Waals surface area contributed by atoms with Crippen molar-refractivity contribution in [2.24, 2.45) is 4.99 Å². The van der Waals surface area contributed by atoms with E-state index in [2.05, 4.69) is 15.1 Å². The topological polar surface area (TPSA) is 84.1 Å². The second kappa shape index (κ2) is 7.17. The Morgan fingerprint density at radius 1 is 1.09 bits per heavy atom. The Kier molecular flexibility index (Phi) is 4.34. The molecule has 6 rings (SSSR count). The van der Waals surface area contributed by atoms with Crippen LogP contribution in [-0.4, -0.2) is 40.8 Å². The van der Waals surface area contributed by atoms with Crippen molar-refractivity contribution in [1.29, 1.82) is 0 Å². The van der Waals surface area contributed by atoms with Gasteiger partial charge in [-0.05, 0) is 62.2 Å². The number of carbonyl (C=O) groups is 1. The zero-order valence-corrected chi connectivity index (χ0v) is 17.6. The molecule has 33 heavy (non-hydrogen) atoms. The highest BCUT2D eigenvalue weighted by atomic mass is 19.1. The third kappa shape index (κ3) is 3.05. The maximum absolute atomic E-state index is 14.2. The SMILES string of the molecule is CC1(N2C(=O)C3C(c4nc(-c5ccc(F)cc5)no4)N=CN3c3ccc(F)cc32)CCCO1. The number of aromatic nitrogens is 2. The number of halogens is 2. The summed E-state index contributed by atoms with van der Waals surface area (Å²) < 4.78 is 38.9. The number of nitrogens with zero attached hydrogens (tertiary/aromatic N) is 5. The first-order valence-corrected chi connectivity index (χ1v) is 10.6. The van der Waals surface area contributed by atoms with Crippen LogP contribution in [0.3, 0.4) is 0 Å². The van der Waals surface area contributed by atoms with E-state index in [4.69, 9.17) is 9.26 Å². The van der Waals surface area contributed by atoms with Crippen molar-refractivity contribution in [3.8, 4) is 11.4 Å². The van der Waals surface area contributed by atoms with Crippen LogP contribution in [0.25, 0.3) is 11.4 Å². The molecule has 1 aromatic heterocycles. The normalized spacial score (nSPS) is 26.1. The number of ether oxygens (including phenoxy) is 1. The zero-order valence-electron chi connectivity index (χ0n) is 17.6. The van der Waals surface area contributed by atoms with Crippen LogP contribution in [0.4, 0.5) is 20.2 Å². The van der Waals surface area contributed by atoms with E-state index in [1.807, 2.05) is 6.92 Å². The number of fused-ring (bicyclic) bond motifs is 3. The van der Waals surface area contributed by atoms with Crippen LogP contribution in [-0.2, 0) is 9.53 Å². The number of aliphatic imine (C=N–C) groups is 1. The van der Waals surface area contributed by atoms with Gasteiger partial charge in [0, 0.05) is 12.2 Å². The lowest BCUT2D eigenvalue weighted by Gasteiger charge is -2.45. The molecule has 1 saturated heterocycles. The summed E-state index contributed by atoms with van der Waals surface area (Å²) in [4.78, 5) is 26.0. The molecule has 4 heterocycles. The van der Waals surface area contributed by atoms with Crippen molar-refractivity contribution in [3.63, 3.8) is 0 Å². The van der Waals surface area contributed by atoms with Gasteiger partial charge in [0.05, 0.1) is 17.7 Å². The maximum Gasteiger partial charge on any atom is 0.255 e. The van der Waals surface area contributed by atoms with E-state index in [-0.39, 0.29) is 23.4 Å². The molecule has 168 valence electrons. The van der Waals surface area contributed by atoms with Crippen LogP contribution in [0.5, 0.6) is 0 Å². The van der Waals surface area contributed by atoms with Crippen LogP contribution < -0.4 is 9.80 Å². The van der Waals surface area contributed by atoms with Crippen LogP contribution in [0.1, 0.15) is 31.7 Å². The fourth-order valence-electron chi connectivity index (χ4n) is 4.76. The Bertz CT molecular complexity index is 1270. The van der Waals surface area contributed by atoms with Gasteiger partial charge in [-0.15, -0.1) is 0 Å². The monoisotopic (exact) mass is 451 g/mol. The summed E-state index contributed by atoms with van der Waals surface area (Å²) in [6, 6.07) is 8.48. The minimum atomic E-state index is -0.896. The molecular formula is C23H19F2N5O3. The molecule has 3 aliphatic heterocycles. The van der Waals surface area contributed by atoms with E-state index < -0.39 is 23.6 Å². The van der Waals surface area contributed by atoms with E-state index in [1.54, 1.807) is 34.3 Å². The maximum atomic E-state index is 14.2. The molecule has 0 spiro atoms. The summed E-state index contributed by atoms with van der Waals surface area (Å²) in [7, 11) is 0. The van der Waals surface area contributed by atoms with Gasteiger partial charge in [0.15, 0.2) is 6.04 Å². The van der Waals surface area contributed by atoms with E-state index in [0.29, 0.717) is 30.0 Å². The van der Waals surface area contributed by atoms with Crippen molar-refractivity contribution in [2.75, 3.05) is 16.4 Å². The van der Waals surface area contributed by atoms with Gasteiger partial charge in [0.2, 0.25) is 5.82 Å². The van der Waals surface area contributed by atoms with Crippen molar-refractivity contribution in [3.05, 3.63) is 60.0 Å². The zero-order chi connectivity index (χ0) is 22.7. The highest BCUT2D eigenvalue weighted by molar-refractivity contribution is 6.12. The fraction of sp³-hybridized carbons (Fsp3) is 0.304. The summed E-state index contributed by atoms with van der Waals surface area (Å²) in [5.74, 6) is -0.674. The van der Waals surface area contributed by atoms with Crippen LogP contribution in [0, 0.1) is 11.6 Å². The van der Waals surface area contributed by atoms with Gasteiger partial charge in [-0.1, -0.05) is 5.16 Å². The summed E-state index contributed by atoms with van der Waals surface area (Å²) in [6.07, 6.45) is 2.97. The molecule has 3 aromatic rings. The number of hydrogen-bond donors (Lipinski definition) is 0. The Morgan fingerprint density at radius 2 is 1.88 bits per heavy atom. The Balaban J connectivity index is 1.40. The number of amides is 1. The minimum Gasteiger partial charge on any atom is -0.355 e. The first kappa shape index (κ1) is 20.0. The third-order valence-corrected chi connectivity index (χ3v) is 6.35. The molecule has 1 amide bonds. The van der Waals surface area contributed by atoms with Gasteiger partial charge in [0.1, 0.15) is 23.4 Å². The summed E-state index contributed by atoms with van der Waals surface area (Å²) >= 11 is 0. The molecule has 2 aromatic carbocycles. The van der Waals surface area contributed by atoms with Gasteiger partial charge in [-0.25, -0.2) is 8.78 Å². The second-order valence-electron chi connectivity index (χ2n) is 8.46. The van der Waals surface area contributed by atoms with Crippen molar-refractivity contribution in [2.45, 2.75) is 37.6 Å². The third-order valence-electron chi connectivity index (χ3n) is 6.35. The Morgan fingerprint density at radius 3 is 2.64 bits per heavy atom. The lowest BCUT2D eigenvalue weighted by Crippen LogP contribution is -2.60. The molecule has 3 aliphatic rings. The van der Waals surface area contributed by atoms with E-state index in [1.165, 1.54) is 24.3 Å². The summed E-state index contributed by atoms with van der Waals surface area (Å²) in [6.45, 7) is 2.36. The van der Waals surface area contributed by atoms with Gasteiger partial charge < -0.3 is 14.2 Å². The number of benzene rings is 2. The van der Waals surface area contributed by atoms with Crippen molar-refractivity contribution < 1.29 is 22.8 Å². The van der Waals surface area contributed by atoms with E-state index in [9.17, 15) is 13.6 Å².